The fourth-order valence-corrected chi connectivity index (χ4v) is 2.70. The molecule has 108 valence electrons. The van der Waals surface area contributed by atoms with E-state index in [0.717, 1.165) is 25.6 Å². The van der Waals surface area contributed by atoms with E-state index in [2.05, 4.69) is 19.2 Å². The van der Waals surface area contributed by atoms with Gasteiger partial charge in [0, 0.05) is 13.2 Å². The summed E-state index contributed by atoms with van der Waals surface area (Å²) in [5.74, 6) is 0.829. The van der Waals surface area contributed by atoms with Gasteiger partial charge in [0.05, 0.1) is 6.10 Å². The van der Waals surface area contributed by atoms with Crippen LogP contribution in [0.4, 0.5) is 0 Å². The second-order valence-electron chi connectivity index (χ2n) is 5.91. The molecule has 1 aliphatic carbocycles. The van der Waals surface area contributed by atoms with E-state index in [0.29, 0.717) is 6.10 Å². The van der Waals surface area contributed by atoms with Gasteiger partial charge in [0.15, 0.2) is 0 Å². The Hall–Kier alpha value is -0.0800. The van der Waals surface area contributed by atoms with Crippen LogP contribution in [0.1, 0.15) is 71.6 Å². The quantitative estimate of drug-likeness (QED) is 0.494. The zero-order valence-corrected chi connectivity index (χ0v) is 12.5. The van der Waals surface area contributed by atoms with Gasteiger partial charge in [-0.1, -0.05) is 45.4 Å². The smallest absolute Gasteiger partial charge is 0.0671 e. The lowest BCUT2D eigenvalue weighted by atomic mass is 10.0. The predicted molar refractivity (Wildman–Crippen MR) is 79.0 cm³/mol. The number of ether oxygens (including phenoxy) is 1. The molecule has 2 nitrogen and oxygen atoms in total. The van der Waals surface area contributed by atoms with E-state index in [1.165, 1.54) is 57.8 Å². The molecule has 18 heavy (non-hydrogen) atoms. The minimum absolute atomic E-state index is 0.370. The summed E-state index contributed by atoms with van der Waals surface area (Å²) in [7, 11) is 0. The zero-order chi connectivity index (χ0) is 13.1. The standard InChI is InChI=1S/C16H33NO/c1-3-4-9-12-17-13-15(2)18-14-16-10-7-5-6-8-11-16/h15-17H,3-14H2,1-2H3. The van der Waals surface area contributed by atoms with Crippen molar-refractivity contribution >= 4 is 0 Å². The summed E-state index contributed by atoms with van der Waals surface area (Å²) in [6, 6.07) is 0. The first-order chi connectivity index (χ1) is 8.83. The van der Waals surface area contributed by atoms with Gasteiger partial charge in [-0.2, -0.15) is 0 Å². The Morgan fingerprint density at radius 2 is 1.83 bits per heavy atom. The van der Waals surface area contributed by atoms with Gasteiger partial charge in [0.1, 0.15) is 0 Å². The van der Waals surface area contributed by atoms with Gasteiger partial charge in [-0.15, -0.1) is 0 Å². The molecule has 0 aromatic rings. The van der Waals surface area contributed by atoms with Crippen LogP contribution in [-0.2, 0) is 4.74 Å². The van der Waals surface area contributed by atoms with E-state index >= 15 is 0 Å². The highest BCUT2D eigenvalue weighted by molar-refractivity contribution is 4.65. The maximum atomic E-state index is 5.98. The number of rotatable bonds is 9. The Morgan fingerprint density at radius 1 is 1.11 bits per heavy atom. The lowest BCUT2D eigenvalue weighted by molar-refractivity contribution is 0.0369. The van der Waals surface area contributed by atoms with Crippen molar-refractivity contribution in [3.05, 3.63) is 0 Å². The first-order valence-electron chi connectivity index (χ1n) is 8.15. The predicted octanol–water partition coefficient (Wildman–Crippen LogP) is 4.14. The molecule has 1 N–H and O–H groups in total. The molecular weight excluding hydrogens is 222 g/mol. The fourth-order valence-electron chi connectivity index (χ4n) is 2.70. The number of nitrogens with one attached hydrogen (secondary N) is 1. The SMILES string of the molecule is CCCCCNCC(C)OCC1CCCCCC1. The van der Waals surface area contributed by atoms with Crippen LogP contribution in [0.2, 0.25) is 0 Å². The molecule has 0 heterocycles. The van der Waals surface area contributed by atoms with Crippen molar-refractivity contribution in [1.82, 2.24) is 5.32 Å². The molecule has 1 atom stereocenters. The van der Waals surface area contributed by atoms with Crippen LogP contribution in [0.25, 0.3) is 0 Å². The van der Waals surface area contributed by atoms with Crippen molar-refractivity contribution < 1.29 is 4.74 Å². The summed E-state index contributed by atoms with van der Waals surface area (Å²) >= 11 is 0. The highest BCUT2D eigenvalue weighted by Crippen LogP contribution is 2.23. The Balaban J connectivity index is 1.96. The zero-order valence-electron chi connectivity index (χ0n) is 12.5. The average molecular weight is 255 g/mol. The summed E-state index contributed by atoms with van der Waals surface area (Å²) in [4.78, 5) is 0. The second kappa shape index (κ2) is 10.8. The van der Waals surface area contributed by atoms with Crippen molar-refractivity contribution in [3.8, 4) is 0 Å². The molecule has 0 aromatic heterocycles. The van der Waals surface area contributed by atoms with E-state index in [4.69, 9.17) is 4.74 Å². The molecule has 1 aliphatic rings. The molecule has 1 saturated carbocycles. The van der Waals surface area contributed by atoms with Crippen LogP contribution in [0.15, 0.2) is 0 Å². The molecule has 0 saturated heterocycles. The Labute approximate surface area is 114 Å². The highest BCUT2D eigenvalue weighted by atomic mass is 16.5. The van der Waals surface area contributed by atoms with Crippen molar-refractivity contribution in [1.29, 1.82) is 0 Å². The van der Waals surface area contributed by atoms with E-state index in [9.17, 15) is 0 Å². The molecule has 0 radical (unpaired) electrons. The molecule has 0 spiro atoms. The molecular formula is C16H33NO. The van der Waals surface area contributed by atoms with Gasteiger partial charge >= 0.3 is 0 Å². The van der Waals surface area contributed by atoms with Gasteiger partial charge in [-0.05, 0) is 38.6 Å². The minimum Gasteiger partial charge on any atom is -0.377 e. The van der Waals surface area contributed by atoms with Crippen LogP contribution in [0, 0.1) is 5.92 Å². The number of unbranched alkanes of at least 4 members (excludes halogenated alkanes) is 2. The molecule has 0 aromatic carbocycles. The van der Waals surface area contributed by atoms with E-state index in [-0.39, 0.29) is 0 Å². The van der Waals surface area contributed by atoms with Crippen LogP contribution in [-0.4, -0.2) is 25.8 Å². The third kappa shape index (κ3) is 8.10. The van der Waals surface area contributed by atoms with Crippen molar-refractivity contribution in [2.75, 3.05) is 19.7 Å². The van der Waals surface area contributed by atoms with Gasteiger partial charge in [-0.25, -0.2) is 0 Å². The largest absolute Gasteiger partial charge is 0.377 e. The third-order valence-corrected chi connectivity index (χ3v) is 3.98. The molecule has 0 bridgehead atoms. The van der Waals surface area contributed by atoms with E-state index in [1.807, 2.05) is 0 Å². The second-order valence-corrected chi connectivity index (χ2v) is 5.91. The summed E-state index contributed by atoms with van der Waals surface area (Å²) in [5, 5.41) is 3.50. The van der Waals surface area contributed by atoms with Gasteiger partial charge in [0.25, 0.3) is 0 Å². The van der Waals surface area contributed by atoms with Crippen LogP contribution < -0.4 is 5.32 Å². The lowest BCUT2D eigenvalue weighted by Gasteiger charge is -2.19. The average Bonchev–Trinajstić information content (AvgIpc) is 2.64. The number of hydrogen-bond acceptors (Lipinski definition) is 2. The highest BCUT2D eigenvalue weighted by Gasteiger charge is 2.13. The third-order valence-electron chi connectivity index (χ3n) is 3.98. The van der Waals surface area contributed by atoms with E-state index < -0.39 is 0 Å². The molecule has 2 heteroatoms. The fraction of sp³-hybridized carbons (Fsp3) is 1.00. The number of hydrogen-bond donors (Lipinski definition) is 1. The maximum Gasteiger partial charge on any atom is 0.0671 e. The minimum atomic E-state index is 0.370. The van der Waals surface area contributed by atoms with Crippen LogP contribution in [0.3, 0.4) is 0 Å². The summed E-state index contributed by atoms with van der Waals surface area (Å²) < 4.78 is 5.98. The van der Waals surface area contributed by atoms with Crippen LogP contribution >= 0.6 is 0 Å². The molecule has 1 rings (SSSR count). The van der Waals surface area contributed by atoms with Crippen LogP contribution in [0.5, 0.6) is 0 Å². The first-order valence-corrected chi connectivity index (χ1v) is 8.15. The topological polar surface area (TPSA) is 21.3 Å². The Bertz CT molecular complexity index is 176. The summed E-state index contributed by atoms with van der Waals surface area (Å²) in [5.41, 5.74) is 0. The summed E-state index contributed by atoms with van der Waals surface area (Å²) in [6.45, 7) is 7.58. The first kappa shape index (κ1) is 16.0. The van der Waals surface area contributed by atoms with Crippen molar-refractivity contribution in [2.24, 2.45) is 5.92 Å². The van der Waals surface area contributed by atoms with Crippen molar-refractivity contribution in [2.45, 2.75) is 77.7 Å². The lowest BCUT2D eigenvalue weighted by Crippen LogP contribution is -2.29. The van der Waals surface area contributed by atoms with Crippen molar-refractivity contribution in [3.63, 3.8) is 0 Å². The van der Waals surface area contributed by atoms with E-state index in [1.54, 1.807) is 0 Å². The Morgan fingerprint density at radius 3 is 2.50 bits per heavy atom. The molecule has 0 amide bonds. The Kier molecular flexibility index (Phi) is 9.59. The normalized spacial score (nSPS) is 19.7. The monoisotopic (exact) mass is 255 g/mol. The van der Waals surface area contributed by atoms with Gasteiger partial charge in [-0.3, -0.25) is 0 Å². The molecule has 0 aliphatic heterocycles. The molecule has 1 fully saturated rings. The maximum absolute atomic E-state index is 5.98. The van der Waals surface area contributed by atoms with Gasteiger partial charge < -0.3 is 10.1 Å². The van der Waals surface area contributed by atoms with Gasteiger partial charge in [0.2, 0.25) is 0 Å². The molecule has 1 unspecified atom stereocenters. The summed E-state index contributed by atoms with van der Waals surface area (Å²) in [6.07, 6.45) is 12.8.